The summed E-state index contributed by atoms with van der Waals surface area (Å²) in [6, 6.07) is 11.6. The fourth-order valence-corrected chi connectivity index (χ4v) is 4.23. The molecule has 144 valence electrons. The summed E-state index contributed by atoms with van der Waals surface area (Å²) in [5.41, 5.74) is 4.24. The molecule has 1 aliphatic rings. The second-order valence-electron chi connectivity index (χ2n) is 7.38. The van der Waals surface area contributed by atoms with E-state index in [0.29, 0.717) is 12.5 Å². The van der Waals surface area contributed by atoms with Crippen LogP contribution in [0.3, 0.4) is 0 Å². The Labute approximate surface area is 162 Å². The fraction of sp³-hybridized carbons (Fsp3) is 0.318. The molecule has 5 rings (SSSR count). The van der Waals surface area contributed by atoms with Crippen LogP contribution in [-0.4, -0.2) is 34.7 Å². The first-order chi connectivity index (χ1) is 13.7. The van der Waals surface area contributed by atoms with E-state index in [2.05, 4.69) is 27.9 Å². The van der Waals surface area contributed by atoms with Gasteiger partial charge in [-0.3, -0.25) is 4.68 Å². The van der Waals surface area contributed by atoms with Crippen LogP contribution in [-0.2, 0) is 11.8 Å². The maximum Gasteiger partial charge on any atom is 0.165 e. The van der Waals surface area contributed by atoms with E-state index in [1.165, 1.54) is 18.9 Å². The molecule has 0 N–H and O–H groups in total. The van der Waals surface area contributed by atoms with E-state index >= 15 is 0 Å². The van der Waals surface area contributed by atoms with Crippen molar-refractivity contribution in [3.8, 4) is 11.4 Å². The summed E-state index contributed by atoms with van der Waals surface area (Å²) in [6.07, 6.45) is 4.00. The lowest BCUT2D eigenvalue weighted by atomic mass is 9.98. The van der Waals surface area contributed by atoms with Gasteiger partial charge >= 0.3 is 0 Å². The van der Waals surface area contributed by atoms with Crippen LogP contribution in [0.4, 0.5) is 4.39 Å². The first-order valence-electron chi connectivity index (χ1n) is 9.54. The first-order valence-corrected chi connectivity index (χ1v) is 9.54. The monoisotopic (exact) mass is 379 g/mol. The minimum Gasteiger partial charge on any atom is -0.494 e. The van der Waals surface area contributed by atoms with Gasteiger partial charge in [0.15, 0.2) is 11.6 Å². The van der Waals surface area contributed by atoms with Crippen LogP contribution in [0.2, 0.25) is 0 Å². The molecule has 1 saturated heterocycles. The van der Waals surface area contributed by atoms with E-state index in [-0.39, 0.29) is 11.6 Å². The molecule has 5 nitrogen and oxygen atoms in total. The molecule has 28 heavy (non-hydrogen) atoms. The number of hydrogen-bond acceptors (Lipinski definition) is 3. The van der Waals surface area contributed by atoms with Gasteiger partial charge in [-0.1, -0.05) is 0 Å². The minimum absolute atomic E-state index is 0.243. The molecular weight excluding hydrogens is 357 g/mol. The van der Waals surface area contributed by atoms with Gasteiger partial charge in [-0.15, -0.1) is 0 Å². The van der Waals surface area contributed by atoms with Gasteiger partial charge in [0.05, 0.1) is 30.9 Å². The third-order valence-electron chi connectivity index (χ3n) is 5.67. The van der Waals surface area contributed by atoms with Crippen molar-refractivity contribution in [3.05, 3.63) is 54.1 Å². The molecular formula is C22H22FN3O2. The number of nitrogens with zero attached hydrogens (tertiary/aromatic N) is 3. The molecule has 3 heterocycles. The standard InChI is InChI=1S/C22H22FN3O2/c1-25-19-8-15-9-20(14-4-3-7-28-13-14)26(21(15)10-16(19)12-24-25)17-5-6-18(23)22(11-17)27-2/h5-6,8-12,14H,3-4,7,13H2,1-2H3. The zero-order chi connectivity index (χ0) is 19.3. The van der Waals surface area contributed by atoms with Crippen LogP contribution < -0.4 is 4.74 Å². The van der Waals surface area contributed by atoms with Crippen molar-refractivity contribution in [1.29, 1.82) is 0 Å². The summed E-state index contributed by atoms with van der Waals surface area (Å²) >= 11 is 0. The Kier molecular flexibility index (Phi) is 4.09. The number of fused-ring (bicyclic) bond motifs is 2. The van der Waals surface area contributed by atoms with Crippen molar-refractivity contribution in [3.63, 3.8) is 0 Å². The van der Waals surface area contributed by atoms with Crippen LogP contribution >= 0.6 is 0 Å². The molecule has 0 saturated carbocycles. The first kappa shape index (κ1) is 17.3. The fourth-order valence-electron chi connectivity index (χ4n) is 4.23. The zero-order valence-corrected chi connectivity index (χ0v) is 16.0. The second kappa shape index (κ2) is 6.63. The van der Waals surface area contributed by atoms with Crippen molar-refractivity contribution in [2.75, 3.05) is 20.3 Å². The second-order valence-corrected chi connectivity index (χ2v) is 7.38. The van der Waals surface area contributed by atoms with Crippen LogP contribution in [0.1, 0.15) is 24.5 Å². The smallest absolute Gasteiger partial charge is 0.165 e. The predicted octanol–water partition coefficient (Wildman–Crippen LogP) is 4.56. The lowest BCUT2D eigenvalue weighted by Crippen LogP contribution is -2.18. The average molecular weight is 379 g/mol. The highest BCUT2D eigenvalue weighted by Crippen LogP contribution is 2.36. The van der Waals surface area contributed by atoms with E-state index in [1.807, 2.05) is 17.9 Å². The van der Waals surface area contributed by atoms with Crippen molar-refractivity contribution < 1.29 is 13.9 Å². The predicted molar refractivity (Wildman–Crippen MR) is 107 cm³/mol. The Bertz CT molecular complexity index is 1170. The molecule has 2 aromatic heterocycles. The SMILES string of the molecule is COc1cc(-n2c(C3CCCOC3)cc3cc4c(cnn4C)cc32)ccc1F. The Hall–Kier alpha value is -2.86. The Morgan fingerprint density at radius 3 is 2.79 bits per heavy atom. The topological polar surface area (TPSA) is 41.2 Å². The third kappa shape index (κ3) is 2.67. The summed E-state index contributed by atoms with van der Waals surface area (Å²) in [5, 5.41) is 6.59. The Morgan fingerprint density at radius 2 is 2.00 bits per heavy atom. The number of rotatable bonds is 3. The molecule has 4 aromatic rings. The van der Waals surface area contributed by atoms with Crippen LogP contribution in [0.15, 0.2) is 42.6 Å². The number of aryl methyl sites for hydroxylation is 1. The molecule has 0 aliphatic carbocycles. The third-order valence-corrected chi connectivity index (χ3v) is 5.67. The Balaban J connectivity index is 1.79. The van der Waals surface area contributed by atoms with Gasteiger partial charge in [0, 0.05) is 47.8 Å². The van der Waals surface area contributed by atoms with Gasteiger partial charge in [-0.05, 0) is 43.2 Å². The lowest BCUT2D eigenvalue weighted by molar-refractivity contribution is 0.0790. The van der Waals surface area contributed by atoms with Crippen LogP contribution in [0.25, 0.3) is 27.5 Å². The number of methoxy groups -OCH3 is 1. The summed E-state index contributed by atoms with van der Waals surface area (Å²) in [5.74, 6) is 0.186. The average Bonchev–Trinajstić information content (AvgIpc) is 3.28. The lowest BCUT2D eigenvalue weighted by Gasteiger charge is -2.24. The molecule has 0 amide bonds. The van der Waals surface area contributed by atoms with Gasteiger partial charge in [0.1, 0.15) is 0 Å². The molecule has 2 aromatic carbocycles. The molecule has 1 unspecified atom stereocenters. The quantitative estimate of drug-likeness (QED) is 0.524. The van der Waals surface area contributed by atoms with Gasteiger partial charge in [0.25, 0.3) is 0 Å². The van der Waals surface area contributed by atoms with Crippen molar-refractivity contribution in [2.24, 2.45) is 7.05 Å². The minimum atomic E-state index is -0.361. The maximum atomic E-state index is 14.0. The molecule has 1 aliphatic heterocycles. The molecule has 6 heteroatoms. The number of benzene rings is 2. The molecule has 0 radical (unpaired) electrons. The Morgan fingerprint density at radius 1 is 1.14 bits per heavy atom. The normalized spacial score (nSPS) is 17.5. The zero-order valence-electron chi connectivity index (χ0n) is 16.0. The van der Waals surface area contributed by atoms with Crippen LogP contribution in [0, 0.1) is 5.82 Å². The highest BCUT2D eigenvalue weighted by atomic mass is 19.1. The molecule has 1 atom stereocenters. The number of ether oxygens (including phenoxy) is 2. The van der Waals surface area contributed by atoms with E-state index in [9.17, 15) is 4.39 Å². The highest BCUT2D eigenvalue weighted by molar-refractivity contribution is 5.96. The number of hydrogen-bond donors (Lipinski definition) is 0. The van der Waals surface area contributed by atoms with E-state index in [1.54, 1.807) is 12.1 Å². The van der Waals surface area contributed by atoms with Crippen molar-refractivity contribution in [2.45, 2.75) is 18.8 Å². The van der Waals surface area contributed by atoms with Gasteiger partial charge < -0.3 is 14.0 Å². The summed E-state index contributed by atoms with van der Waals surface area (Å²) in [6.45, 7) is 1.52. The van der Waals surface area contributed by atoms with E-state index < -0.39 is 0 Å². The van der Waals surface area contributed by atoms with E-state index in [0.717, 1.165) is 46.9 Å². The van der Waals surface area contributed by atoms with Crippen molar-refractivity contribution in [1.82, 2.24) is 14.3 Å². The molecule has 0 spiro atoms. The van der Waals surface area contributed by atoms with Gasteiger partial charge in [-0.2, -0.15) is 5.10 Å². The van der Waals surface area contributed by atoms with Gasteiger partial charge in [0.2, 0.25) is 0 Å². The molecule has 1 fully saturated rings. The number of halogens is 1. The van der Waals surface area contributed by atoms with Crippen LogP contribution in [0.5, 0.6) is 5.75 Å². The van der Waals surface area contributed by atoms with Crippen molar-refractivity contribution >= 4 is 21.8 Å². The summed E-state index contributed by atoms with van der Waals surface area (Å²) < 4.78 is 29.1. The largest absolute Gasteiger partial charge is 0.494 e. The number of aromatic nitrogens is 3. The highest BCUT2D eigenvalue weighted by Gasteiger charge is 2.23. The van der Waals surface area contributed by atoms with Gasteiger partial charge in [-0.25, -0.2) is 4.39 Å². The maximum absolute atomic E-state index is 14.0. The summed E-state index contributed by atoms with van der Waals surface area (Å²) in [4.78, 5) is 0. The summed E-state index contributed by atoms with van der Waals surface area (Å²) in [7, 11) is 3.44. The van der Waals surface area contributed by atoms with E-state index in [4.69, 9.17) is 9.47 Å². The molecule has 0 bridgehead atoms.